The maximum Gasteiger partial charge on any atom is 0.287 e. The number of benzene rings is 1. The first-order valence-corrected chi connectivity index (χ1v) is 10.2. The molecule has 1 aromatic carbocycles. The Labute approximate surface area is 169 Å². The Bertz CT molecular complexity index is 1010. The molecule has 6 nitrogen and oxygen atoms in total. The van der Waals surface area contributed by atoms with Gasteiger partial charge in [-0.25, -0.2) is 0 Å². The summed E-state index contributed by atoms with van der Waals surface area (Å²) in [6.07, 6.45) is 6.87. The first kappa shape index (κ1) is 18.2. The van der Waals surface area contributed by atoms with Crippen LogP contribution in [0.2, 0.25) is 0 Å². The molecule has 0 radical (unpaired) electrons. The van der Waals surface area contributed by atoms with Crippen LogP contribution in [0.15, 0.2) is 53.2 Å². The standard InChI is InChI=1S/C23H25N3O3/c1-28-19-6-2-5-17-13-20(29-22(17)19)23(27)25-21-16-7-10-26(11-8-16)18(21)12-15-4-3-9-24-14-15/h2-6,9,13-14,16,18,21H,7-8,10-12H2,1H3,(H,25,27)/t18-,21+/m0/s1. The molecule has 6 rings (SSSR count). The first-order valence-electron chi connectivity index (χ1n) is 10.2. The predicted molar refractivity (Wildman–Crippen MR) is 110 cm³/mol. The number of carbonyl (C=O) groups is 1. The zero-order chi connectivity index (χ0) is 19.8. The molecule has 29 heavy (non-hydrogen) atoms. The van der Waals surface area contributed by atoms with E-state index in [0.29, 0.717) is 23.0 Å². The maximum atomic E-state index is 13.1. The second-order valence-corrected chi connectivity index (χ2v) is 7.99. The minimum atomic E-state index is -0.154. The van der Waals surface area contributed by atoms with Gasteiger partial charge in [0.2, 0.25) is 0 Å². The van der Waals surface area contributed by atoms with Crippen LogP contribution in [0.25, 0.3) is 11.0 Å². The summed E-state index contributed by atoms with van der Waals surface area (Å²) in [5, 5.41) is 4.17. The van der Waals surface area contributed by atoms with Gasteiger partial charge in [0.15, 0.2) is 17.1 Å². The first-order chi connectivity index (χ1) is 14.2. The molecule has 150 valence electrons. The number of rotatable bonds is 5. The second kappa shape index (κ2) is 7.52. The molecule has 0 spiro atoms. The molecule has 3 aliphatic heterocycles. The summed E-state index contributed by atoms with van der Waals surface area (Å²) in [5.74, 6) is 1.32. The van der Waals surface area contributed by atoms with E-state index < -0.39 is 0 Å². The number of para-hydroxylation sites is 1. The Hall–Kier alpha value is -2.86. The van der Waals surface area contributed by atoms with E-state index >= 15 is 0 Å². The van der Waals surface area contributed by atoms with Crippen molar-refractivity contribution < 1.29 is 13.9 Å². The molecule has 3 fully saturated rings. The average Bonchev–Trinajstić information content (AvgIpc) is 3.21. The molecule has 3 aromatic rings. The lowest BCUT2D eigenvalue weighted by Crippen LogP contribution is -2.64. The molecule has 0 unspecified atom stereocenters. The molecule has 5 heterocycles. The topological polar surface area (TPSA) is 67.6 Å². The number of hydrogen-bond donors (Lipinski definition) is 1. The van der Waals surface area contributed by atoms with Gasteiger partial charge in [-0.05, 0) is 62.0 Å². The van der Waals surface area contributed by atoms with Crippen molar-refractivity contribution in [1.82, 2.24) is 15.2 Å². The van der Waals surface area contributed by atoms with Crippen molar-refractivity contribution >= 4 is 16.9 Å². The fourth-order valence-electron chi connectivity index (χ4n) is 4.91. The Morgan fingerprint density at radius 1 is 1.28 bits per heavy atom. The molecule has 1 N–H and O–H groups in total. The Kier molecular flexibility index (Phi) is 4.72. The summed E-state index contributed by atoms with van der Waals surface area (Å²) in [5.41, 5.74) is 1.82. The smallest absolute Gasteiger partial charge is 0.287 e. The van der Waals surface area contributed by atoms with Crippen LogP contribution in [0.5, 0.6) is 5.75 Å². The van der Waals surface area contributed by atoms with Crippen molar-refractivity contribution in [3.63, 3.8) is 0 Å². The van der Waals surface area contributed by atoms with Gasteiger partial charge in [-0.2, -0.15) is 0 Å². The zero-order valence-electron chi connectivity index (χ0n) is 16.5. The lowest BCUT2D eigenvalue weighted by molar-refractivity contribution is 0.0131. The number of piperidine rings is 3. The van der Waals surface area contributed by atoms with E-state index in [-0.39, 0.29) is 18.0 Å². The highest BCUT2D eigenvalue weighted by molar-refractivity contribution is 5.97. The summed E-state index contributed by atoms with van der Waals surface area (Å²) in [7, 11) is 1.60. The number of aromatic nitrogens is 1. The van der Waals surface area contributed by atoms with Crippen LogP contribution in [0.3, 0.4) is 0 Å². The van der Waals surface area contributed by atoms with Gasteiger partial charge < -0.3 is 14.5 Å². The van der Waals surface area contributed by atoms with Gasteiger partial charge >= 0.3 is 0 Å². The van der Waals surface area contributed by atoms with E-state index in [9.17, 15) is 4.79 Å². The highest BCUT2D eigenvalue weighted by Crippen LogP contribution is 2.34. The third-order valence-corrected chi connectivity index (χ3v) is 6.38. The van der Waals surface area contributed by atoms with Gasteiger partial charge in [0.1, 0.15) is 0 Å². The quantitative estimate of drug-likeness (QED) is 0.723. The molecular weight excluding hydrogens is 366 g/mol. The molecule has 0 saturated carbocycles. The van der Waals surface area contributed by atoms with Crippen molar-refractivity contribution in [2.75, 3.05) is 20.2 Å². The number of carbonyl (C=O) groups excluding carboxylic acids is 1. The highest BCUT2D eigenvalue weighted by Gasteiger charge is 2.43. The largest absolute Gasteiger partial charge is 0.493 e. The molecule has 2 aromatic heterocycles. The number of methoxy groups -OCH3 is 1. The van der Waals surface area contributed by atoms with E-state index in [0.717, 1.165) is 37.7 Å². The summed E-state index contributed by atoms with van der Waals surface area (Å²) in [4.78, 5) is 19.8. The van der Waals surface area contributed by atoms with Gasteiger partial charge in [-0.3, -0.25) is 14.7 Å². The fraction of sp³-hybridized carbons (Fsp3) is 0.391. The monoisotopic (exact) mass is 391 g/mol. The van der Waals surface area contributed by atoms with Gasteiger partial charge in [-0.1, -0.05) is 18.2 Å². The van der Waals surface area contributed by atoms with Crippen LogP contribution in [0.4, 0.5) is 0 Å². The van der Waals surface area contributed by atoms with Crippen LogP contribution in [0.1, 0.15) is 29.0 Å². The predicted octanol–water partition coefficient (Wildman–Crippen LogP) is 3.27. The summed E-state index contributed by atoms with van der Waals surface area (Å²) < 4.78 is 11.2. The number of furan rings is 1. The zero-order valence-corrected chi connectivity index (χ0v) is 16.5. The molecule has 3 saturated heterocycles. The lowest BCUT2D eigenvalue weighted by atomic mass is 9.76. The number of nitrogens with zero attached hydrogens (tertiary/aromatic N) is 2. The summed E-state index contributed by atoms with van der Waals surface area (Å²) >= 11 is 0. The Morgan fingerprint density at radius 2 is 2.14 bits per heavy atom. The second-order valence-electron chi connectivity index (χ2n) is 7.99. The van der Waals surface area contributed by atoms with Crippen molar-refractivity contribution in [2.24, 2.45) is 5.92 Å². The van der Waals surface area contributed by atoms with E-state index in [1.807, 2.05) is 30.5 Å². The van der Waals surface area contributed by atoms with Crippen molar-refractivity contribution in [3.05, 3.63) is 60.1 Å². The van der Waals surface area contributed by atoms with Crippen LogP contribution in [-0.2, 0) is 6.42 Å². The Morgan fingerprint density at radius 3 is 2.90 bits per heavy atom. The van der Waals surface area contributed by atoms with Crippen LogP contribution in [0, 0.1) is 5.92 Å². The summed E-state index contributed by atoms with van der Waals surface area (Å²) in [6.45, 7) is 2.20. The normalized spacial score (nSPS) is 25.8. The summed E-state index contributed by atoms with van der Waals surface area (Å²) in [6, 6.07) is 11.9. The molecule has 2 atom stereocenters. The molecule has 3 aliphatic rings. The van der Waals surface area contributed by atoms with Crippen LogP contribution >= 0.6 is 0 Å². The molecule has 2 bridgehead atoms. The van der Waals surface area contributed by atoms with Gasteiger partial charge in [0.05, 0.1) is 7.11 Å². The third-order valence-electron chi connectivity index (χ3n) is 6.38. The number of fused-ring (bicyclic) bond motifs is 4. The highest BCUT2D eigenvalue weighted by atomic mass is 16.5. The third kappa shape index (κ3) is 3.38. The fourth-order valence-corrected chi connectivity index (χ4v) is 4.91. The van der Waals surface area contributed by atoms with Crippen LogP contribution in [-0.4, -0.2) is 48.1 Å². The number of ether oxygens (including phenoxy) is 1. The number of amides is 1. The molecule has 1 amide bonds. The van der Waals surface area contributed by atoms with Crippen molar-refractivity contribution in [3.8, 4) is 5.75 Å². The van der Waals surface area contributed by atoms with Crippen molar-refractivity contribution in [2.45, 2.75) is 31.3 Å². The maximum absolute atomic E-state index is 13.1. The van der Waals surface area contributed by atoms with Crippen LogP contribution < -0.4 is 10.1 Å². The number of nitrogens with one attached hydrogen (secondary N) is 1. The minimum absolute atomic E-state index is 0.111. The van der Waals surface area contributed by atoms with Crippen molar-refractivity contribution in [1.29, 1.82) is 0 Å². The SMILES string of the molecule is COc1cccc2cc(C(=O)N[C@@H]3C4CCN(CC4)[C@H]3Cc3cccnc3)oc12. The lowest BCUT2D eigenvalue weighted by Gasteiger charge is -2.51. The Balaban J connectivity index is 1.39. The average molecular weight is 391 g/mol. The van der Waals surface area contributed by atoms with Gasteiger partial charge in [-0.15, -0.1) is 0 Å². The number of hydrogen-bond acceptors (Lipinski definition) is 5. The number of pyridine rings is 1. The van der Waals surface area contributed by atoms with E-state index in [1.165, 1.54) is 5.56 Å². The van der Waals surface area contributed by atoms with E-state index in [1.54, 1.807) is 19.4 Å². The molecular formula is C23H25N3O3. The van der Waals surface area contributed by atoms with Gasteiger partial charge in [0, 0.05) is 29.9 Å². The minimum Gasteiger partial charge on any atom is -0.493 e. The molecule has 0 aliphatic carbocycles. The molecule has 6 heteroatoms. The van der Waals surface area contributed by atoms with Gasteiger partial charge in [0.25, 0.3) is 5.91 Å². The van der Waals surface area contributed by atoms with E-state index in [4.69, 9.17) is 9.15 Å². The van der Waals surface area contributed by atoms with E-state index in [2.05, 4.69) is 21.3 Å².